The van der Waals surface area contributed by atoms with Crippen LogP contribution in [0.15, 0.2) is 39.8 Å². The lowest BCUT2D eigenvalue weighted by Crippen LogP contribution is -2.05. The van der Waals surface area contributed by atoms with Gasteiger partial charge in [-0.3, -0.25) is 4.79 Å². The quantitative estimate of drug-likeness (QED) is 0.859. The first-order valence-electron chi connectivity index (χ1n) is 5.56. The van der Waals surface area contributed by atoms with E-state index in [0.29, 0.717) is 0 Å². The number of amides is 1. The molecule has 0 radical (unpaired) electrons. The lowest BCUT2D eigenvalue weighted by Gasteiger charge is -2.03. The first-order valence-corrected chi connectivity index (χ1v) is 6.55. The van der Waals surface area contributed by atoms with Crippen molar-refractivity contribution in [3.63, 3.8) is 0 Å². The van der Waals surface area contributed by atoms with Gasteiger partial charge in [0.05, 0.1) is 5.69 Å². The van der Waals surface area contributed by atoms with E-state index in [2.05, 4.69) is 10.5 Å². The molecule has 0 saturated heterocycles. The van der Waals surface area contributed by atoms with E-state index in [1.807, 2.05) is 37.3 Å². The molecule has 0 saturated carbocycles. The van der Waals surface area contributed by atoms with Crippen molar-refractivity contribution < 1.29 is 9.32 Å². The van der Waals surface area contributed by atoms with Crippen LogP contribution in [0.3, 0.4) is 0 Å². The predicted octanol–water partition coefficient (Wildman–Crippen LogP) is 3.23. The summed E-state index contributed by atoms with van der Waals surface area (Å²) in [5, 5.41) is 6.67. The number of nitrogens with one attached hydrogen (secondary N) is 1. The molecular formula is C13H14N2O2S. The summed E-state index contributed by atoms with van der Waals surface area (Å²) in [4.78, 5) is 12.0. The second kappa shape index (κ2) is 5.73. The van der Waals surface area contributed by atoms with Crippen LogP contribution in [0.2, 0.25) is 0 Å². The minimum atomic E-state index is -0.0616. The zero-order chi connectivity index (χ0) is 13.0. The predicted molar refractivity (Wildman–Crippen MR) is 71.5 cm³/mol. The average molecular weight is 262 g/mol. The number of thioether (sulfide) groups is 1. The van der Waals surface area contributed by atoms with E-state index in [4.69, 9.17) is 4.52 Å². The summed E-state index contributed by atoms with van der Waals surface area (Å²) in [7, 11) is 0. The van der Waals surface area contributed by atoms with E-state index in [9.17, 15) is 4.79 Å². The molecule has 1 aromatic heterocycles. The minimum Gasteiger partial charge on any atom is -0.361 e. The Morgan fingerprint density at radius 3 is 2.67 bits per heavy atom. The molecule has 0 aliphatic carbocycles. The lowest BCUT2D eigenvalue weighted by molar-refractivity contribution is -0.114. The standard InChI is InChI=1S/C13H14N2O2S/c1-9-7-12(15-17-9)8-18-13-5-3-11(4-6-13)14-10(2)16/h3-7H,8H2,1-2H3,(H,14,16). The van der Waals surface area contributed by atoms with E-state index in [0.717, 1.165) is 27.8 Å². The molecule has 1 heterocycles. The number of carbonyl (C=O) groups is 1. The highest BCUT2D eigenvalue weighted by molar-refractivity contribution is 7.98. The van der Waals surface area contributed by atoms with Crippen LogP contribution in [-0.4, -0.2) is 11.1 Å². The van der Waals surface area contributed by atoms with Crippen LogP contribution < -0.4 is 5.32 Å². The third-order valence-corrected chi connectivity index (χ3v) is 3.28. The summed E-state index contributed by atoms with van der Waals surface area (Å²) < 4.78 is 5.00. The minimum absolute atomic E-state index is 0.0616. The Morgan fingerprint density at radius 2 is 2.11 bits per heavy atom. The van der Waals surface area contributed by atoms with Gasteiger partial charge in [-0.15, -0.1) is 11.8 Å². The Morgan fingerprint density at radius 1 is 1.39 bits per heavy atom. The monoisotopic (exact) mass is 262 g/mol. The van der Waals surface area contributed by atoms with Crippen molar-refractivity contribution in [2.75, 3.05) is 5.32 Å². The molecule has 1 N–H and O–H groups in total. The number of nitrogens with zero attached hydrogens (tertiary/aromatic N) is 1. The van der Waals surface area contributed by atoms with Crippen LogP contribution in [0.25, 0.3) is 0 Å². The molecule has 1 aromatic carbocycles. The second-order valence-electron chi connectivity index (χ2n) is 3.92. The molecule has 0 atom stereocenters. The number of benzene rings is 1. The van der Waals surface area contributed by atoms with Crippen molar-refractivity contribution in [2.24, 2.45) is 0 Å². The molecule has 0 spiro atoms. The second-order valence-corrected chi connectivity index (χ2v) is 4.97. The Hall–Kier alpha value is -1.75. The van der Waals surface area contributed by atoms with Gasteiger partial charge in [0.1, 0.15) is 5.76 Å². The van der Waals surface area contributed by atoms with E-state index >= 15 is 0 Å². The molecule has 94 valence electrons. The maximum Gasteiger partial charge on any atom is 0.221 e. The Kier molecular flexibility index (Phi) is 4.04. The molecular weight excluding hydrogens is 248 g/mol. The molecule has 18 heavy (non-hydrogen) atoms. The van der Waals surface area contributed by atoms with Gasteiger partial charge in [-0.05, 0) is 31.2 Å². The van der Waals surface area contributed by atoms with E-state index in [1.165, 1.54) is 6.92 Å². The number of rotatable bonds is 4. The number of anilines is 1. The van der Waals surface area contributed by atoms with Gasteiger partial charge in [0.2, 0.25) is 5.91 Å². The maximum absolute atomic E-state index is 10.9. The third kappa shape index (κ3) is 3.63. The first-order chi connectivity index (χ1) is 8.63. The molecule has 4 nitrogen and oxygen atoms in total. The number of hydrogen-bond donors (Lipinski definition) is 1. The largest absolute Gasteiger partial charge is 0.361 e. The molecule has 0 bridgehead atoms. The topological polar surface area (TPSA) is 55.1 Å². The van der Waals surface area contributed by atoms with Crippen LogP contribution in [-0.2, 0) is 10.5 Å². The van der Waals surface area contributed by atoms with E-state index in [1.54, 1.807) is 11.8 Å². The molecule has 1 amide bonds. The highest BCUT2D eigenvalue weighted by atomic mass is 32.2. The summed E-state index contributed by atoms with van der Waals surface area (Å²) in [5.74, 6) is 1.54. The third-order valence-electron chi connectivity index (χ3n) is 2.24. The van der Waals surface area contributed by atoms with Crippen LogP contribution >= 0.6 is 11.8 Å². The van der Waals surface area contributed by atoms with Crippen molar-refractivity contribution in [1.29, 1.82) is 0 Å². The lowest BCUT2D eigenvalue weighted by atomic mass is 10.3. The number of aromatic nitrogens is 1. The molecule has 0 aliphatic rings. The highest BCUT2D eigenvalue weighted by Crippen LogP contribution is 2.24. The summed E-state index contributed by atoms with van der Waals surface area (Å²) in [6, 6.07) is 9.65. The summed E-state index contributed by atoms with van der Waals surface area (Å²) in [6.07, 6.45) is 0. The Bertz CT molecular complexity index is 534. The van der Waals surface area contributed by atoms with Crippen molar-refractivity contribution >= 4 is 23.4 Å². The van der Waals surface area contributed by atoms with E-state index in [-0.39, 0.29) is 5.91 Å². The first kappa shape index (κ1) is 12.7. The molecule has 2 aromatic rings. The smallest absolute Gasteiger partial charge is 0.221 e. The number of aryl methyl sites for hydroxylation is 1. The van der Waals surface area contributed by atoms with Crippen molar-refractivity contribution in [3.8, 4) is 0 Å². The van der Waals surface area contributed by atoms with Gasteiger partial charge >= 0.3 is 0 Å². The fourth-order valence-corrected chi connectivity index (χ4v) is 2.26. The zero-order valence-electron chi connectivity index (χ0n) is 10.3. The van der Waals surface area contributed by atoms with Gasteiger partial charge in [0.25, 0.3) is 0 Å². The Labute approximate surface area is 110 Å². The molecule has 0 fully saturated rings. The van der Waals surface area contributed by atoms with Gasteiger partial charge < -0.3 is 9.84 Å². The summed E-state index contributed by atoms with van der Waals surface area (Å²) >= 11 is 1.68. The number of carbonyl (C=O) groups excluding carboxylic acids is 1. The van der Waals surface area contributed by atoms with Crippen LogP contribution in [0, 0.1) is 6.92 Å². The number of hydrogen-bond acceptors (Lipinski definition) is 4. The zero-order valence-corrected chi connectivity index (χ0v) is 11.1. The summed E-state index contributed by atoms with van der Waals surface area (Å²) in [5.41, 5.74) is 1.74. The van der Waals surface area contributed by atoms with Crippen LogP contribution in [0.5, 0.6) is 0 Å². The summed E-state index contributed by atoms with van der Waals surface area (Å²) in [6.45, 7) is 3.37. The maximum atomic E-state index is 10.9. The van der Waals surface area contributed by atoms with Gasteiger partial charge in [-0.2, -0.15) is 0 Å². The molecule has 2 rings (SSSR count). The SMILES string of the molecule is CC(=O)Nc1ccc(SCc2cc(C)on2)cc1. The van der Waals surface area contributed by atoms with Crippen LogP contribution in [0.1, 0.15) is 18.4 Å². The van der Waals surface area contributed by atoms with Crippen molar-refractivity contribution in [1.82, 2.24) is 5.16 Å². The fourth-order valence-electron chi connectivity index (χ4n) is 1.48. The van der Waals surface area contributed by atoms with E-state index < -0.39 is 0 Å². The molecule has 5 heteroatoms. The average Bonchev–Trinajstić information content (AvgIpc) is 2.74. The van der Waals surface area contributed by atoms with Crippen molar-refractivity contribution in [3.05, 3.63) is 41.8 Å². The van der Waals surface area contributed by atoms with Gasteiger partial charge in [0, 0.05) is 29.3 Å². The van der Waals surface area contributed by atoms with Gasteiger partial charge in [0.15, 0.2) is 0 Å². The normalized spacial score (nSPS) is 10.3. The van der Waals surface area contributed by atoms with Crippen molar-refractivity contribution in [2.45, 2.75) is 24.5 Å². The highest BCUT2D eigenvalue weighted by Gasteiger charge is 2.02. The van der Waals surface area contributed by atoms with Gasteiger partial charge in [-0.25, -0.2) is 0 Å². The molecule has 0 aliphatic heterocycles. The molecule has 0 unspecified atom stereocenters. The van der Waals surface area contributed by atoms with Gasteiger partial charge in [-0.1, -0.05) is 5.16 Å². The van der Waals surface area contributed by atoms with Crippen LogP contribution in [0.4, 0.5) is 5.69 Å². The fraction of sp³-hybridized carbons (Fsp3) is 0.231. The Balaban J connectivity index is 1.92.